The molecule has 58 heavy (non-hydrogen) atoms. The van der Waals surface area contributed by atoms with Crippen LogP contribution in [0.1, 0.15) is 87.3 Å². The molecule has 4 aliphatic rings. The third-order valence-electron chi connectivity index (χ3n) is 11.3. The van der Waals surface area contributed by atoms with Gasteiger partial charge in [0.05, 0.1) is 23.6 Å². The van der Waals surface area contributed by atoms with Crippen LogP contribution in [-0.4, -0.2) is 90.4 Å². The molecule has 316 valence electrons. The van der Waals surface area contributed by atoms with E-state index >= 15 is 0 Å². The maximum atomic E-state index is 14.7. The van der Waals surface area contributed by atoms with E-state index in [9.17, 15) is 31.4 Å². The number of aryl methyl sites for hydroxylation is 1. The van der Waals surface area contributed by atoms with E-state index < -0.39 is 34.6 Å². The molecule has 1 aromatic heterocycles. The average molecular weight is 831 g/mol. The van der Waals surface area contributed by atoms with Crippen molar-refractivity contribution in [3.05, 3.63) is 59.0 Å². The van der Waals surface area contributed by atoms with E-state index in [1.807, 2.05) is 31.9 Å². The summed E-state index contributed by atoms with van der Waals surface area (Å²) in [6.45, 7) is 8.21. The van der Waals surface area contributed by atoms with Crippen molar-refractivity contribution in [3.63, 3.8) is 0 Å². The molecule has 0 spiro atoms. The highest BCUT2D eigenvalue weighted by Gasteiger charge is 2.38. The topological polar surface area (TPSA) is 132 Å². The number of ether oxygens (including phenoxy) is 1. The van der Waals surface area contributed by atoms with E-state index in [2.05, 4.69) is 30.2 Å². The summed E-state index contributed by atoms with van der Waals surface area (Å²) in [5.41, 5.74) is 1.65. The predicted octanol–water partition coefficient (Wildman–Crippen LogP) is 6.83. The summed E-state index contributed by atoms with van der Waals surface area (Å²) < 4.78 is 77.0. The van der Waals surface area contributed by atoms with Crippen LogP contribution in [0, 0.1) is 18.7 Å². The minimum absolute atomic E-state index is 0.0800. The Kier molecular flexibility index (Phi) is 14.3. The number of alkyl halides is 3. The minimum Gasteiger partial charge on any atom is -0.496 e. The first-order valence-corrected chi connectivity index (χ1v) is 21.2. The zero-order chi connectivity index (χ0) is 41.6. The van der Waals surface area contributed by atoms with Gasteiger partial charge in [-0.25, -0.2) is 18.3 Å². The number of carbonyl (C=O) groups excluding carboxylic acids is 2. The molecule has 0 bridgehead atoms. The van der Waals surface area contributed by atoms with Crippen molar-refractivity contribution in [1.82, 2.24) is 24.9 Å². The van der Waals surface area contributed by atoms with Gasteiger partial charge in [0.1, 0.15) is 33.9 Å². The van der Waals surface area contributed by atoms with Gasteiger partial charge in [-0.2, -0.15) is 18.2 Å². The highest BCUT2D eigenvalue weighted by molar-refractivity contribution is 7.83. The normalized spacial score (nSPS) is 21.5. The van der Waals surface area contributed by atoms with Gasteiger partial charge in [0.15, 0.2) is 0 Å². The lowest BCUT2D eigenvalue weighted by molar-refractivity contribution is -0.138. The van der Waals surface area contributed by atoms with Gasteiger partial charge in [-0.15, -0.1) is 0 Å². The molecule has 3 N–H and O–H groups in total. The fourth-order valence-electron chi connectivity index (χ4n) is 8.00. The number of methoxy groups -OCH3 is 1. The summed E-state index contributed by atoms with van der Waals surface area (Å²) in [5.74, 6) is -0.782. The first-order chi connectivity index (χ1) is 27.7. The monoisotopic (exact) mass is 830 g/mol. The standard InChI is InChI=1S/C24H32F3N5OS.C17H22FN3O3/c1-16-7-6-12-32(15-16)22-20(24(25,26)27)14-28-23(30-22)29-21-11-10-19(13-17(21)2)34(33)31-18-8-4-3-5-9-18;1-20-5-7-21(8-6-20)14-10-15(24-2)12(9-13(14)18)11-3-4-16(22)19-17(11)23/h10-11,13-14,16,18,31H,3-9,12,15H2,1-2H3,(H,28,29,30);9-11H,3-8H2,1-2H3,(H,19,22,23). The van der Waals surface area contributed by atoms with Crippen molar-refractivity contribution in [2.45, 2.75) is 94.7 Å². The Morgan fingerprint density at radius 1 is 0.948 bits per heavy atom. The molecular weight excluding hydrogens is 777 g/mol. The van der Waals surface area contributed by atoms with Crippen LogP contribution in [0.4, 0.5) is 40.7 Å². The van der Waals surface area contributed by atoms with Gasteiger partial charge in [-0.1, -0.05) is 26.2 Å². The molecule has 3 aliphatic heterocycles. The van der Waals surface area contributed by atoms with Crippen molar-refractivity contribution in [2.24, 2.45) is 5.92 Å². The number of amides is 2. The smallest absolute Gasteiger partial charge is 0.421 e. The highest BCUT2D eigenvalue weighted by Crippen LogP contribution is 2.39. The van der Waals surface area contributed by atoms with E-state index in [0.29, 0.717) is 53.0 Å². The fraction of sp³-hybridized carbons (Fsp3) is 0.561. The second-order valence-corrected chi connectivity index (χ2v) is 17.0. The van der Waals surface area contributed by atoms with Crippen molar-refractivity contribution < 1.29 is 36.1 Å². The summed E-state index contributed by atoms with van der Waals surface area (Å²) >= 11 is 0. The molecule has 0 radical (unpaired) electrons. The summed E-state index contributed by atoms with van der Waals surface area (Å²) in [6, 6.07) is 8.68. The highest BCUT2D eigenvalue weighted by atomic mass is 32.2. The molecule has 3 saturated heterocycles. The van der Waals surface area contributed by atoms with E-state index in [-0.39, 0.29) is 36.0 Å². The zero-order valence-electron chi connectivity index (χ0n) is 33.6. The number of hydrogen-bond acceptors (Lipinski definition) is 10. The van der Waals surface area contributed by atoms with Gasteiger partial charge in [-0.05, 0) is 81.8 Å². The van der Waals surface area contributed by atoms with Crippen LogP contribution in [0.3, 0.4) is 0 Å². The summed E-state index contributed by atoms with van der Waals surface area (Å²) in [7, 11) is 2.24. The van der Waals surface area contributed by atoms with Gasteiger partial charge in [-0.3, -0.25) is 14.9 Å². The Balaban J connectivity index is 0.000000208. The molecule has 1 saturated carbocycles. The van der Waals surface area contributed by atoms with Crippen LogP contribution in [0.5, 0.6) is 5.75 Å². The zero-order valence-corrected chi connectivity index (χ0v) is 34.4. The Labute approximate surface area is 340 Å². The molecule has 3 atom stereocenters. The minimum atomic E-state index is -4.53. The van der Waals surface area contributed by atoms with Gasteiger partial charge in [0.2, 0.25) is 17.8 Å². The van der Waals surface area contributed by atoms with Gasteiger partial charge in [0, 0.05) is 75.2 Å². The second-order valence-electron chi connectivity index (χ2n) is 15.8. The van der Waals surface area contributed by atoms with Crippen molar-refractivity contribution in [3.8, 4) is 5.75 Å². The first-order valence-electron chi connectivity index (χ1n) is 20.1. The van der Waals surface area contributed by atoms with Crippen LogP contribution in [-0.2, 0) is 26.8 Å². The molecule has 12 nitrogen and oxygen atoms in total. The van der Waals surface area contributed by atoms with Gasteiger partial charge < -0.3 is 24.8 Å². The van der Waals surface area contributed by atoms with Crippen LogP contribution in [0.15, 0.2) is 41.4 Å². The van der Waals surface area contributed by atoms with E-state index in [1.165, 1.54) is 19.6 Å². The molecule has 3 aromatic rings. The number of nitrogens with zero attached hydrogens (tertiary/aromatic N) is 5. The molecule has 2 aromatic carbocycles. The van der Waals surface area contributed by atoms with Crippen LogP contribution < -0.4 is 29.9 Å². The number of nitrogens with one attached hydrogen (secondary N) is 3. The summed E-state index contributed by atoms with van der Waals surface area (Å²) in [6.07, 6.45) is 4.39. The van der Waals surface area contributed by atoms with Crippen molar-refractivity contribution in [1.29, 1.82) is 0 Å². The second kappa shape index (κ2) is 19.1. The Morgan fingerprint density at radius 2 is 1.69 bits per heavy atom. The third kappa shape index (κ3) is 10.8. The number of likely N-dealkylation sites (N-methyl/N-ethyl adjacent to an activating group) is 1. The number of piperazine rings is 1. The summed E-state index contributed by atoms with van der Waals surface area (Å²) in [4.78, 5) is 38.2. The number of imide groups is 1. The molecular formula is C41H54F4N8O4S. The molecule has 4 heterocycles. The number of benzene rings is 2. The fourth-order valence-corrected chi connectivity index (χ4v) is 9.14. The first kappa shape index (κ1) is 43.2. The predicted molar refractivity (Wildman–Crippen MR) is 216 cm³/mol. The van der Waals surface area contributed by atoms with Crippen LogP contribution >= 0.6 is 0 Å². The van der Waals surface area contributed by atoms with Crippen molar-refractivity contribution in [2.75, 3.05) is 68.5 Å². The molecule has 2 amide bonds. The lowest BCUT2D eigenvalue weighted by Crippen LogP contribution is -2.44. The molecule has 4 fully saturated rings. The van der Waals surface area contributed by atoms with E-state index in [0.717, 1.165) is 76.5 Å². The number of rotatable bonds is 9. The number of hydrogen-bond donors (Lipinski definition) is 3. The van der Waals surface area contributed by atoms with E-state index in [4.69, 9.17) is 4.74 Å². The molecule has 3 unspecified atom stereocenters. The Morgan fingerprint density at radius 3 is 2.34 bits per heavy atom. The average Bonchev–Trinajstić information content (AvgIpc) is 3.19. The molecule has 7 rings (SSSR count). The van der Waals surface area contributed by atoms with E-state index in [1.54, 1.807) is 23.1 Å². The quantitative estimate of drug-likeness (QED) is 0.156. The number of carbonyl (C=O) groups is 2. The lowest BCUT2D eigenvalue weighted by atomic mass is 9.89. The Bertz CT molecular complexity index is 1960. The van der Waals surface area contributed by atoms with Gasteiger partial charge in [0.25, 0.3) is 0 Å². The number of aromatic nitrogens is 2. The third-order valence-corrected chi connectivity index (χ3v) is 12.6. The molecule has 17 heteroatoms. The van der Waals surface area contributed by atoms with Gasteiger partial charge >= 0.3 is 6.18 Å². The Hall–Kier alpha value is -4.35. The lowest BCUT2D eigenvalue weighted by Gasteiger charge is -2.34. The SMILES string of the molecule is COc1cc(N2CCN(C)CC2)c(F)cc1C1CCC(=O)NC1=O.Cc1cc(S(=O)NC2CCCCC2)ccc1Nc1ncc(C(F)(F)F)c(N2CCCC(C)C2)n1. The maximum absolute atomic E-state index is 14.7. The summed E-state index contributed by atoms with van der Waals surface area (Å²) in [5, 5.41) is 5.36. The largest absolute Gasteiger partial charge is 0.496 e. The van der Waals surface area contributed by atoms with Crippen LogP contribution in [0.2, 0.25) is 0 Å². The number of halogens is 4. The molecule has 1 aliphatic carbocycles. The maximum Gasteiger partial charge on any atom is 0.421 e. The van der Waals surface area contributed by atoms with Crippen LogP contribution in [0.25, 0.3) is 0 Å². The van der Waals surface area contributed by atoms with Crippen molar-refractivity contribution >= 4 is 45.9 Å². The number of piperidine rings is 2. The number of anilines is 4.